The molecule has 0 radical (unpaired) electrons. The minimum atomic E-state index is -1.03. The number of nitrogens with one attached hydrogen (secondary N) is 1. The van der Waals surface area contributed by atoms with E-state index in [9.17, 15) is 9.90 Å². The lowest BCUT2D eigenvalue weighted by atomic mass is 9.61. The number of amides is 1. The minimum absolute atomic E-state index is 0.154. The maximum Gasteiger partial charge on any atom is 0.239 e. The van der Waals surface area contributed by atoms with Gasteiger partial charge in [0.05, 0.1) is 13.2 Å². The molecule has 0 unspecified atom stereocenters. The highest BCUT2D eigenvalue weighted by Crippen LogP contribution is 2.55. The van der Waals surface area contributed by atoms with E-state index in [1.165, 1.54) is 0 Å². The summed E-state index contributed by atoms with van der Waals surface area (Å²) in [6.07, 6.45) is 1.46. The first-order valence-corrected chi connectivity index (χ1v) is 11.1. The van der Waals surface area contributed by atoms with E-state index < -0.39 is 11.5 Å². The Bertz CT molecular complexity index is 1260. The summed E-state index contributed by atoms with van der Waals surface area (Å²) in [6.45, 7) is 0. The number of carbonyl (C=O) groups is 1. The van der Waals surface area contributed by atoms with Crippen molar-refractivity contribution in [2.75, 3.05) is 12.4 Å². The zero-order valence-electron chi connectivity index (χ0n) is 17.3. The van der Waals surface area contributed by atoms with Crippen LogP contribution in [0.25, 0.3) is 5.57 Å². The molecule has 3 aromatic carbocycles. The van der Waals surface area contributed by atoms with Crippen molar-refractivity contribution in [2.24, 2.45) is 0 Å². The lowest BCUT2D eigenvalue weighted by Crippen LogP contribution is -2.44. The van der Waals surface area contributed by atoms with E-state index in [0.29, 0.717) is 33.5 Å². The van der Waals surface area contributed by atoms with Gasteiger partial charge in [-0.1, -0.05) is 65.7 Å². The Labute approximate surface area is 196 Å². The van der Waals surface area contributed by atoms with Gasteiger partial charge in [0.2, 0.25) is 5.91 Å². The molecule has 1 heterocycles. The second-order valence-electron chi connectivity index (χ2n) is 8.17. The molecule has 0 aromatic heterocycles. The third kappa shape index (κ3) is 3.22. The number of rotatable bonds is 3. The van der Waals surface area contributed by atoms with Gasteiger partial charge in [0.15, 0.2) is 0 Å². The van der Waals surface area contributed by atoms with Crippen LogP contribution in [0.5, 0.6) is 5.75 Å². The predicted molar refractivity (Wildman–Crippen MR) is 128 cm³/mol. The summed E-state index contributed by atoms with van der Waals surface area (Å²) in [5.41, 5.74) is 2.81. The van der Waals surface area contributed by atoms with Crippen LogP contribution in [0.4, 0.5) is 5.69 Å². The molecule has 3 aromatic rings. The van der Waals surface area contributed by atoms with Crippen LogP contribution in [0.1, 0.15) is 29.0 Å². The fraction of sp³-hybridized carbons (Fsp3) is 0.192. The highest BCUT2D eigenvalue weighted by atomic mass is 35.5. The summed E-state index contributed by atoms with van der Waals surface area (Å²) in [5.74, 6) is 0.167. The van der Waals surface area contributed by atoms with Crippen molar-refractivity contribution in [3.05, 3.63) is 99.5 Å². The average molecular weight is 466 g/mol. The van der Waals surface area contributed by atoms with E-state index in [1.54, 1.807) is 25.3 Å². The molecule has 0 saturated carbocycles. The van der Waals surface area contributed by atoms with Crippen LogP contribution in [0.2, 0.25) is 10.0 Å². The normalized spacial score (nSPS) is 24.1. The first-order chi connectivity index (χ1) is 15.4. The van der Waals surface area contributed by atoms with Gasteiger partial charge in [-0.2, -0.15) is 0 Å². The predicted octanol–water partition coefficient (Wildman–Crippen LogP) is 5.82. The lowest BCUT2D eigenvalue weighted by molar-refractivity contribution is -0.120. The van der Waals surface area contributed by atoms with Gasteiger partial charge >= 0.3 is 0 Å². The molecule has 2 N–H and O–H groups in total. The monoisotopic (exact) mass is 465 g/mol. The maximum absolute atomic E-state index is 13.7. The summed E-state index contributed by atoms with van der Waals surface area (Å²) >= 11 is 12.5. The van der Waals surface area contributed by atoms with E-state index in [0.717, 1.165) is 16.7 Å². The van der Waals surface area contributed by atoms with Crippen molar-refractivity contribution < 1.29 is 14.6 Å². The van der Waals surface area contributed by atoms with Crippen LogP contribution >= 0.6 is 23.2 Å². The Balaban J connectivity index is 1.79. The fourth-order valence-corrected chi connectivity index (χ4v) is 5.43. The number of carbonyl (C=O) groups excluding carboxylic acids is 1. The van der Waals surface area contributed by atoms with E-state index >= 15 is 0 Å². The number of aliphatic hydroxyl groups excluding tert-OH is 1. The first kappa shape index (κ1) is 21.1. The van der Waals surface area contributed by atoms with Crippen LogP contribution < -0.4 is 10.1 Å². The van der Waals surface area contributed by atoms with Crippen molar-refractivity contribution in [3.8, 4) is 5.75 Å². The molecule has 0 saturated heterocycles. The number of ether oxygens (including phenoxy) is 1. The summed E-state index contributed by atoms with van der Waals surface area (Å²) in [4.78, 5) is 13.7. The van der Waals surface area contributed by atoms with Gasteiger partial charge in [-0.15, -0.1) is 0 Å². The Morgan fingerprint density at radius 1 is 1.03 bits per heavy atom. The Kier molecular flexibility index (Phi) is 5.25. The number of benzene rings is 3. The van der Waals surface area contributed by atoms with Gasteiger partial charge in [-0.05, 0) is 53.5 Å². The topological polar surface area (TPSA) is 58.6 Å². The molecule has 6 heteroatoms. The fourth-order valence-electron chi connectivity index (χ4n) is 5.06. The van der Waals surface area contributed by atoms with Gasteiger partial charge in [0.25, 0.3) is 0 Å². The quantitative estimate of drug-likeness (QED) is 0.511. The number of fused-ring (bicyclic) bond motifs is 2. The Hall–Kier alpha value is -2.79. The lowest BCUT2D eigenvalue weighted by Gasteiger charge is -2.41. The van der Waals surface area contributed by atoms with Crippen molar-refractivity contribution in [1.29, 1.82) is 0 Å². The average Bonchev–Trinajstić information content (AvgIpc) is 3.05. The van der Waals surface area contributed by atoms with E-state index in [2.05, 4.69) is 5.32 Å². The van der Waals surface area contributed by atoms with E-state index in [4.69, 9.17) is 27.9 Å². The molecule has 32 heavy (non-hydrogen) atoms. The molecule has 162 valence electrons. The first-order valence-electron chi connectivity index (χ1n) is 10.3. The van der Waals surface area contributed by atoms with Crippen molar-refractivity contribution in [2.45, 2.75) is 23.9 Å². The molecule has 0 fully saturated rings. The summed E-state index contributed by atoms with van der Waals surface area (Å²) in [5, 5.41) is 15.4. The SMILES string of the molecule is COc1ccccc1C1=C[C@@]2(C(=O)Nc3cc(Cl)ccc32)[C@H](c2cccc(Cl)c2)C[C@@H]1O. The largest absolute Gasteiger partial charge is 0.496 e. The number of anilines is 1. The molecular weight excluding hydrogens is 445 g/mol. The van der Waals surface area contributed by atoms with Gasteiger partial charge < -0.3 is 15.2 Å². The molecule has 1 aliphatic carbocycles. The number of hydrogen-bond donors (Lipinski definition) is 2. The van der Waals surface area contributed by atoms with E-state index in [1.807, 2.05) is 54.6 Å². The number of para-hydroxylation sites is 1. The van der Waals surface area contributed by atoms with Gasteiger partial charge in [-0.3, -0.25) is 4.79 Å². The van der Waals surface area contributed by atoms with Crippen molar-refractivity contribution in [3.63, 3.8) is 0 Å². The maximum atomic E-state index is 13.7. The standard InChI is InChI=1S/C26H21Cl2NO3/c1-32-24-8-3-2-7-18(24)19-14-26(20-10-9-17(28)12-22(20)29-25(26)31)21(13-23(19)30)15-5-4-6-16(27)11-15/h2-12,14,21,23,30H,13H2,1H3,(H,29,31)/t21-,23-,26-/m0/s1. The molecule has 0 bridgehead atoms. The van der Waals surface area contributed by atoms with Crippen LogP contribution in [-0.2, 0) is 10.2 Å². The second kappa shape index (κ2) is 7.96. The van der Waals surface area contributed by atoms with E-state index in [-0.39, 0.29) is 11.8 Å². The van der Waals surface area contributed by atoms with Gasteiger partial charge in [-0.25, -0.2) is 0 Å². The molecule has 3 atom stereocenters. The number of methoxy groups -OCH3 is 1. The highest BCUT2D eigenvalue weighted by molar-refractivity contribution is 6.31. The van der Waals surface area contributed by atoms with Gasteiger partial charge in [0, 0.05) is 27.2 Å². The summed E-state index contributed by atoms with van der Waals surface area (Å²) < 4.78 is 5.55. The zero-order valence-corrected chi connectivity index (χ0v) is 18.8. The summed E-state index contributed by atoms with van der Waals surface area (Å²) in [6, 6.07) is 20.4. The third-order valence-electron chi connectivity index (χ3n) is 6.47. The molecular formula is C26H21Cl2NO3. The Morgan fingerprint density at radius 3 is 2.59 bits per heavy atom. The molecule has 4 nitrogen and oxygen atoms in total. The summed E-state index contributed by atoms with van der Waals surface area (Å²) in [7, 11) is 1.60. The highest BCUT2D eigenvalue weighted by Gasteiger charge is 2.54. The second-order valence-corrected chi connectivity index (χ2v) is 9.04. The number of hydrogen-bond acceptors (Lipinski definition) is 3. The molecule has 1 aliphatic heterocycles. The Morgan fingerprint density at radius 2 is 1.81 bits per heavy atom. The molecule has 2 aliphatic rings. The van der Waals surface area contributed by atoms with Crippen LogP contribution in [0.3, 0.4) is 0 Å². The molecule has 5 rings (SSSR count). The smallest absolute Gasteiger partial charge is 0.239 e. The number of aliphatic hydroxyl groups is 1. The van der Waals surface area contributed by atoms with Crippen molar-refractivity contribution >= 4 is 40.4 Å². The minimum Gasteiger partial charge on any atom is -0.496 e. The number of halogens is 2. The van der Waals surface area contributed by atoms with Crippen LogP contribution in [-0.4, -0.2) is 24.2 Å². The van der Waals surface area contributed by atoms with Crippen LogP contribution in [0.15, 0.2) is 72.8 Å². The molecule has 1 spiro atoms. The van der Waals surface area contributed by atoms with Crippen LogP contribution in [0, 0.1) is 0 Å². The molecule has 1 amide bonds. The van der Waals surface area contributed by atoms with Gasteiger partial charge in [0.1, 0.15) is 11.2 Å². The van der Waals surface area contributed by atoms with Crippen molar-refractivity contribution in [1.82, 2.24) is 0 Å². The zero-order chi connectivity index (χ0) is 22.5. The third-order valence-corrected chi connectivity index (χ3v) is 6.94.